The van der Waals surface area contributed by atoms with Crippen LogP contribution < -0.4 is 0 Å². The molecule has 0 aliphatic rings. The van der Waals surface area contributed by atoms with Crippen molar-refractivity contribution in [2.45, 2.75) is 59.6 Å². The summed E-state index contributed by atoms with van der Waals surface area (Å²) in [6.07, 6.45) is -0.376. The maximum absolute atomic E-state index is 12.6. The molecule has 1 aromatic rings. The van der Waals surface area contributed by atoms with Crippen LogP contribution in [-0.4, -0.2) is 53.0 Å². The Balaban J connectivity index is 2.85. The minimum atomic E-state index is -0.610. The van der Waals surface area contributed by atoms with E-state index in [4.69, 9.17) is 9.47 Å². The van der Waals surface area contributed by atoms with Crippen molar-refractivity contribution in [3.63, 3.8) is 0 Å². The van der Waals surface area contributed by atoms with Crippen molar-refractivity contribution < 1.29 is 23.9 Å². The molecule has 1 aromatic heterocycles. The first-order chi connectivity index (χ1) is 12.0. The van der Waals surface area contributed by atoms with Crippen LogP contribution in [0.4, 0.5) is 4.79 Å². The minimum absolute atomic E-state index is 0.0426. The average Bonchev–Trinajstić information content (AvgIpc) is 3.00. The Hall–Kier alpha value is -1.96. The van der Waals surface area contributed by atoms with Crippen LogP contribution in [-0.2, 0) is 9.47 Å². The summed E-state index contributed by atoms with van der Waals surface area (Å²) in [5.74, 6) is -0.727. The highest BCUT2D eigenvalue weighted by atomic mass is 32.1. The van der Waals surface area contributed by atoms with Crippen LogP contribution in [0.25, 0.3) is 0 Å². The second-order valence-corrected chi connectivity index (χ2v) is 8.15. The van der Waals surface area contributed by atoms with E-state index < -0.39 is 17.7 Å². The molecule has 0 saturated carbocycles. The van der Waals surface area contributed by atoms with Gasteiger partial charge < -0.3 is 14.4 Å². The number of esters is 1. The van der Waals surface area contributed by atoms with Gasteiger partial charge in [-0.3, -0.25) is 4.79 Å². The van der Waals surface area contributed by atoms with Crippen molar-refractivity contribution in [3.05, 3.63) is 16.1 Å². The molecule has 7 nitrogen and oxygen atoms in total. The van der Waals surface area contributed by atoms with Gasteiger partial charge in [0.2, 0.25) is 0 Å². The number of Topliss-reactive ketones (excluding diaryl/α,β-unsaturated/α-hetero) is 1. The summed E-state index contributed by atoms with van der Waals surface area (Å²) in [7, 11) is 1.62. The van der Waals surface area contributed by atoms with Gasteiger partial charge in [-0.1, -0.05) is 13.8 Å². The van der Waals surface area contributed by atoms with E-state index in [-0.39, 0.29) is 41.5 Å². The molecule has 0 radical (unpaired) electrons. The number of rotatable bonds is 7. The van der Waals surface area contributed by atoms with Crippen molar-refractivity contribution in [3.8, 4) is 0 Å². The van der Waals surface area contributed by atoms with Crippen LogP contribution in [0.1, 0.15) is 68.3 Å². The van der Waals surface area contributed by atoms with Gasteiger partial charge in [-0.05, 0) is 33.6 Å². The van der Waals surface area contributed by atoms with Crippen LogP contribution in [0.15, 0.2) is 5.38 Å². The zero-order valence-corrected chi connectivity index (χ0v) is 17.3. The number of nitrogens with zero attached hydrogens (tertiary/aromatic N) is 2. The van der Waals surface area contributed by atoms with Gasteiger partial charge >= 0.3 is 12.1 Å². The number of thiazole rings is 1. The monoisotopic (exact) mass is 384 g/mol. The molecule has 1 rings (SSSR count). The van der Waals surface area contributed by atoms with Crippen molar-refractivity contribution in [2.24, 2.45) is 5.92 Å². The Kier molecular flexibility index (Phi) is 7.74. The highest BCUT2D eigenvalue weighted by Gasteiger charge is 2.30. The Bertz CT molecular complexity index is 648. The van der Waals surface area contributed by atoms with Gasteiger partial charge in [-0.2, -0.15) is 0 Å². The zero-order valence-electron chi connectivity index (χ0n) is 16.5. The lowest BCUT2D eigenvalue weighted by atomic mass is 9.97. The number of carbonyl (C=O) groups is 3. The van der Waals surface area contributed by atoms with Crippen LogP contribution >= 0.6 is 11.3 Å². The van der Waals surface area contributed by atoms with E-state index >= 15 is 0 Å². The summed E-state index contributed by atoms with van der Waals surface area (Å²) in [5.41, 5.74) is -0.484. The van der Waals surface area contributed by atoms with Gasteiger partial charge in [-0.25, -0.2) is 14.6 Å². The Labute approximate surface area is 158 Å². The number of carbonyl (C=O) groups excluding carboxylic acids is 3. The van der Waals surface area contributed by atoms with Gasteiger partial charge in [0.05, 0.1) is 6.61 Å². The molecule has 26 heavy (non-hydrogen) atoms. The lowest BCUT2D eigenvalue weighted by Crippen LogP contribution is -2.44. The molecule has 0 aromatic carbocycles. The largest absolute Gasteiger partial charge is 0.461 e. The van der Waals surface area contributed by atoms with E-state index in [2.05, 4.69) is 4.98 Å². The Morgan fingerprint density at radius 2 is 1.88 bits per heavy atom. The molecule has 1 unspecified atom stereocenters. The molecule has 0 fully saturated rings. The highest BCUT2D eigenvalue weighted by molar-refractivity contribution is 7.11. The first kappa shape index (κ1) is 22.1. The first-order valence-corrected chi connectivity index (χ1v) is 9.45. The highest BCUT2D eigenvalue weighted by Crippen LogP contribution is 2.21. The van der Waals surface area contributed by atoms with Gasteiger partial charge in [0, 0.05) is 24.9 Å². The standard InChI is InChI=1S/C18H28N2O5S/c1-8-24-16(22)12-10-26-15(19-12)14(21)9-13(11(2)3)20(7)17(23)25-18(4,5)6/h10-11,13H,8-9H2,1-7H3. The van der Waals surface area contributed by atoms with Crippen molar-refractivity contribution in [2.75, 3.05) is 13.7 Å². The lowest BCUT2D eigenvalue weighted by molar-refractivity contribution is 0.0173. The quantitative estimate of drug-likeness (QED) is 0.525. The van der Waals surface area contributed by atoms with E-state index in [1.165, 1.54) is 10.3 Å². The normalized spacial score (nSPS) is 12.6. The smallest absolute Gasteiger partial charge is 0.410 e. The minimum Gasteiger partial charge on any atom is -0.461 e. The van der Waals surface area contributed by atoms with Crippen LogP contribution in [0.2, 0.25) is 0 Å². The van der Waals surface area contributed by atoms with Crippen LogP contribution in [0, 0.1) is 5.92 Å². The summed E-state index contributed by atoms with van der Waals surface area (Å²) in [5, 5.41) is 1.74. The fourth-order valence-corrected chi connectivity index (χ4v) is 3.01. The molecule has 0 aliphatic carbocycles. The molecule has 0 bridgehead atoms. The zero-order chi connectivity index (χ0) is 20.1. The second-order valence-electron chi connectivity index (χ2n) is 7.29. The fourth-order valence-electron chi connectivity index (χ4n) is 2.27. The molecule has 1 amide bonds. The molecule has 8 heteroatoms. The molecular formula is C18H28N2O5S. The number of ketones is 1. The van der Waals surface area contributed by atoms with Crippen molar-refractivity contribution in [1.29, 1.82) is 0 Å². The summed E-state index contributed by atoms with van der Waals surface area (Å²) in [6, 6.07) is -0.340. The molecule has 146 valence electrons. The lowest BCUT2D eigenvalue weighted by Gasteiger charge is -2.32. The summed E-state index contributed by atoms with van der Waals surface area (Å²) >= 11 is 1.10. The number of ether oxygens (including phenoxy) is 2. The van der Waals surface area contributed by atoms with E-state index in [1.807, 2.05) is 13.8 Å². The average molecular weight is 384 g/mol. The summed E-state index contributed by atoms with van der Waals surface area (Å²) < 4.78 is 10.3. The molecule has 0 N–H and O–H groups in total. The predicted octanol–water partition coefficient (Wildman–Crippen LogP) is 3.78. The molecule has 1 heterocycles. The van der Waals surface area contributed by atoms with Gasteiger partial charge in [0.15, 0.2) is 16.5 Å². The van der Waals surface area contributed by atoms with Crippen LogP contribution in [0.3, 0.4) is 0 Å². The van der Waals surface area contributed by atoms with Crippen molar-refractivity contribution in [1.82, 2.24) is 9.88 Å². The van der Waals surface area contributed by atoms with Crippen LogP contribution in [0.5, 0.6) is 0 Å². The second kappa shape index (κ2) is 9.12. The third-order valence-corrected chi connectivity index (χ3v) is 4.45. The maximum Gasteiger partial charge on any atom is 0.410 e. The number of aromatic nitrogens is 1. The van der Waals surface area contributed by atoms with E-state index in [9.17, 15) is 14.4 Å². The molecule has 0 saturated heterocycles. The Morgan fingerprint density at radius 3 is 2.38 bits per heavy atom. The third kappa shape index (κ3) is 6.40. The number of hydrogen-bond acceptors (Lipinski definition) is 7. The van der Waals surface area contributed by atoms with E-state index in [1.54, 1.807) is 34.7 Å². The fraction of sp³-hybridized carbons (Fsp3) is 0.667. The third-order valence-electron chi connectivity index (χ3n) is 3.57. The predicted molar refractivity (Wildman–Crippen MR) is 99.6 cm³/mol. The van der Waals surface area contributed by atoms with E-state index in [0.29, 0.717) is 0 Å². The first-order valence-electron chi connectivity index (χ1n) is 8.58. The molecular weight excluding hydrogens is 356 g/mol. The van der Waals surface area contributed by atoms with Crippen molar-refractivity contribution >= 4 is 29.2 Å². The van der Waals surface area contributed by atoms with Gasteiger partial charge in [-0.15, -0.1) is 11.3 Å². The summed E-state index contributed by atoms with van der Waals surface area (Å²) in [6.45, 7) is 11.2. The topological polar surface area (TPSA) is 85.8 Å². The maximum atomic E-state index is 12.6. The molecule has 0 spiro atoms. The Morgan fingerprint density at radius 1 is 1.27 bits per heavy atom. The molecule has 0 aliphatic heterocycles. The summed E-state index contributed by atoms with van der Waals surface area (Å²) in [4.78, 5) is 42.1. The molecule has 1 atom stereocenters. The number of amides is 1. The van der Waals surface area contributed by atoms with Gasteiger partial charge in [0.1, 0.15) is 5.60 Å². The van der Waals surface area contributed by atoms with E-state index in [0.717, 1.165) is 11.3 Å². The SMILES string of the molecule is CCOC(=O)c1csc(C(=O)CC(C(C)C)N(C)C(=O)OC(C)(C)C)n1. The van der Waals surface area contributed by atoms with Gasteiger partial charge in [0.25, 0.3) is 0 Å². The number of hydrogen-bond donors (Lipinski definition) is 0.